The molecular formula is C14H20ClN5O2. The lowest BCUT2D eigenvalue weighted by Gasteiger charge is -2.08. The van der Waals surface area contributed by atoms with Gasteiger partial charge in [0.05, 0.1) is 0 Å². The predicted molar refractivity (Wildman–Crippen MR) is 85.3 cm³/mol. The van der Waals surface area contributed by atoms with E-state index in [9.17, 15) is 9.59 Å². The Labute approximate surface area is 134 Å². The molecule has 1 unspecified atom stereocenters. The molecule has 1 atom stereocenters. The third kappa shape index (κ3) is 3.66. The van der Waals surface area contributed by atoms with Crippen LogP contribution >= 0.6 is 12.4 Å². The van der Waals surface area contributed by atoms with E-state index in [1.807, 2.05) is 6.07 Å². The fourth-order valence-electron chi connectivity index (χ4n) is 2.64. The third-order valence-corrected chi connectivity index (χ3v) is 3.82. The van der Waals surface area contributed by atoms with Crippen LogP contribution in [0.2, 0.25) is 0 Å². The monoisotopic (exact) mass is 325 g/mol. The fourth-order valence-corrected chi connectivity index (χ4v) is 2.64. The summed E-state index contributed by atoms with van der Waals surface area (Å²) in [5, 5.41) is 10.3. The van der Waals surface area contributed by atoms with Crippen molar-refractivity contribution in [2.45, 2.75) is 19.4 Å². The van der Waals surface area contributed by atoms with Gasteiger partial charge in [-0.1, -0.05) is 6.07 Å². The maximum Gasteiger partial charge on any atom is 0.350 e. The van der Waals surface area contributed by atoms with Crippen molar-refractivity contribution in [3.05, 3.63) is 34.9 Å². The first-order chi connectivity index (χ1) is 10.2. The molecule has 0 radical (unpaired) electrons. The molecule has 3 rings (SSSR count). The highest BCUT2D eigenvalue weighted by Crippen LogP contribution is 2.10. The van der Waals surface area contributed by atoms with Crippen molar-refractivity contribution in [1.82, 2.24) is 24.8 Å². The van der Waals surface area contributed by atoms with Crippen molar-refractivity contribution in [1.29, 1.82) is 0 Å². The molecule has 0 spiro atoms. The van der Waals surface area contributed by atoms with Gasteiger partial charge < -0.3 is 10.6 Å². The second-order valence-corrected chi connectivity index (χ2v) is 5.37. The molecule has 120 valence electrons. The molecule has 2 aromatic rings. The molecule has 0 saturated carbocycles. The molecule has 8 heteroatoms. The molecule has 2 aromatic heterocycles. The summed E-state index contributed by atoms with van der Waals surface area (Å²) in [7, 11) is 0. The van der Waals surface area contributed by atoms with Crippen LogP contribution in [0.5, 0.6) is 0 Å². The van der Waals surface area contributed by atoms with Gasteiger partial charge in [-0.2, -0.15) is 0 Å². The number of carbonyl (C=O) groups is 1. The van der Waals surface area contributed by atoms with Crippen molar-refractivity contribution >= 4 is 24.0 Å². The Hall–Kier alpha value is -1.86. The summed E-state index contributed by atoms with van der Waals surface area (Å²) < 4.78 is 2.62. The van der Waals surface area contributed by atoms with E-state index in [1.54, 1.807) is 18.3 Å². The lowest BCUT2D eigenvalue weighted by atomic mass is 10.1. The highest BCUT2D eigenvalue weighted by molar-refractivity contribution is 5.85. The van der Waals surface area contributed by atoms with Crippen LogP contribution in [0, 0.1) is 5.92 Å². The van der Waals surface area contributed by atoms with Gasteiger partial charge in [0.15, 0.2) is 5.65 Å². The van der Waals surface area contributed by atoms with Crippen molar-refractivity contribution in [2.24, 2.45) is 5.92 Å². The Morgan fingerprint density at radius 1 is 1.45 bits per heavy atom. The van der Waals surface area contributed by atoms with E-state index in [0.717, 1.165) is 19.5 Å². The number of halogens is 1. The molecule has 2 N–H and O–H groups in total. The third-order valence-electron chi connectivity index (χ3n) is 3.82. The molecule has 0 bridgehead atoms. The highest BCUT2D eigenvalue weighted by atomic mass is 35.5. The van der Waals surface area contributed by atoms with Crippen LogP contribution in [0.25, 0.3) is 5.65 Å². The Morgan fingerprint density at radius 3 is 3.05 bits per heavy atom. The minimum absolute atomic E-state index is 0. The number of amides is 1. The molecule has 1 saturated heterocycles. The Kier molecular flexibility index (Phi) is 5.57. The van der Waals surface area contributed by atoms with Crippen LogP contribution in [0.3, 0.4) is 0 Å². The van der Waals surface area contributed by atoms with E-state index in [-0.39, 0.29) is 30.5 Å². The van der Waals surface area contributed by atoms with Crippen LogP contribution in [0.15, 0.2) is 29.2 Å². The number of hydrogen-bond acceptors (Lipinski definition) is 4. The lowest BCUT2D eigenvalue weighted by Crippen LogP contribution is -2.33. The van der Waals surface area contributed by atoms with E-state index in [1.165, 1.54) is 15.5 Å². The first-order valence-corrected chi connectivity index (χ1v) is 7.25. The van der Waals surface area contributed by atoms with E-state index in [0.29, 0.717) is 18.1 Å². The van der Waals surface area contributed by atoms with Crippen LogP contribution in [-0.2, 0) is 11.3 Å². The van der Waals surface area contributed by atoms with Gasteiger partial charge in [0.25, 0.3) is 0 Å². The molecule has 0 aromatic carbocycles. The smallest absolute Gasteiger partial charge is 0.350 e. The summed E-state index contributed by atoms with van der Waals surface area (Å²) in [5.74, 6) is 0.467. The number of nitrogens with one attached hydrogen (secondary N) is 2. The number of nitrogens with zero attached hydrogens (tertiary/aromatic N) is 3. The van der Waals surface area contributed by atoms with Gasteiger partial charge in [0, 0.05) is 12.7 Å². The Balaban J connectivity index is 0.00000176. The van der Waals surface area contributed by atoms with Crippen LogP contribution in [0.4, 0.5) is 0 Å². The van der Waals surface area contributed by atoms with Gasteiger partial charge >= 0.3 is 5.69 Å². The molecule has 1 fully saturated rings. The average Bonchev–Trinajstić information content (AvgIpc) is 3.09. The molecule has 3 heterocycles. The SMILES string of the molecule is Cl.O=C(Cn1nc2ccccn2c1=O)NCCC1CCNC1. The largest absolute Gasteiger partial charge is 0.354 e. The average molecular weight is 326 g/mol. The van der Waals surface area contributed by atoms with Crippen LogP contribution in [0.1, 0.15) is 12.8 Å². The number of fused-ring (bicyclic) bond motifs is 1. The standard InChI is InChI=1S/C14H19N5O2.ClH/c20-13(16-7-5-11-4-6-15-9-11)10-19-14(21)18-8-2-1-3-12(18)17-19;/h1-3,8,11,15H,4-7,9-10H2,(H,16,20);1H. The lowest BCUT2D eigenvalue weighted by molar-refractivity contribution is -0.121. The minimum atomic E-state index is -0.291. The van der Waals surface area contributed by atoms with Crippen molar-refractivity contribution < 1.29 is 4.79 Å². The van der Waals surface area contributed by atoms with Crippen molar-refractivity contribution in [3.8, 4) is 0 Å². The molecule has 1 aliphatic rings. The Morgan fingerprint density at radius 2 is 2.32 bits per heavy atom. The summed E-state index contributed by atoms with van der Waals surface area (Å²) in [6.45, 7) is 2.70. The minimum Gasteiger partial charge on any atom is -0.354 e. The zero-order valence-corrected chi connectivity index (χ0v) is 13.0. The first kappa shape index (κ1) is 16.5. The van der Waals surface area contributed by atoms with Gasteiger partial charge in [0.1, 0.15) is 6.54 Å². The van der Waals surface area contributed by atoms with Gasteiger partial charge in [-0.25, -0.2) is 9.48 Å². The molecule has 1 amide bonds. The molecular weight excluding hydrogens is 306 g/mol. The topological polar surface area (TPSA) is 80.4 Å². The van der Waals surface area contributed by atoms with Gasteiger partial charge in [-0.05, 0) is 44.0 Å². The molecule has 7 nitrogen and oxygen atoms in total. The number of pyridine rings is 1. The normalized spacial score (nSPS) is 17.4. The second-order valence-electron chi connectivity index (χ2n) is 5.37. The van der Waals surface area contributed by atoms with E-state index in [4.69, 9.17) is 0 Å². The van der Waals surface area contributed by atoms with Crippen molar-refractivity contribution in [2.75, 3.05) is 19.6 Å². The zero-order valence-electron chi connectivity index (χ0n) is 12.2. The molecule has 1 aliphatic heterocycles. The highest BCUT2D eigenvalue weighted by Gasteiger charge is 2.15. The number of hydrogen-bond donors (Lipinski definition) is 2. The summed E-state index contributed by atoms with van der Waals surface area (Å²) in [6, 6.07) is 5.31. The van der Waals surface area contributed by atoms with Gasteiger partial charge in [-0.3, -0.25) is 9.20 Å². The maximum absolute atomic E-state index is 12.0. The van der Waals surface area contributed by atoms with E-state index >= 15 is 0 Å². The molecule has 0 aliphatic carbocycles. The summed E-state index contributed by atoms with van der Waals surface area (Å²) in [4.78, 5) is 23.9. The second kappa shape index (κ2) is 7.42. The maximum atomic E-state index is 12.0. The Bertz CT molecular complexity index is 690. The van der Waals surface area contributed by atoms with E-state index in [2.05, 4.69) is 15.7 Å². The van der Waals surface area contributed by atoms with Crippen LogP contribution < -0.4 is 16.3 Å². The fraction of sp³-hybridized carbons (Fsp3) is 0.500. The van der Waals surface area contributed by atoms with Gasteiger partial charge in [0.2, 0.25) is 5.91 Å². The van der Waals surface area contributed by atoms with Gasteiger partial charge in [-0.15, -0.1) is 17.5 Å². The van der Waals surface area contributed by atoms with Crippen molar-refractivity contribution in [3.63, 3.8) is 0 Å². The quantitative estimate of drug-likeness (QED) is 0.813. The predicted octanol–water partition coefficient (Wildman–Crippen LogP) is 0.0336. The van der Waals surface area contributed by atoms with E-state index < -0.39 is 0 Å². The number of aromatic nitrogens is 3. The summed E-state index contributed by atoms with van der Waals surface area (Å²) in [5.41, 5.74) is 0.257. The number of rotatable bonds is 5. The zero-order chi connectivity index (χ0) is 14.7. The summed E-state index contributed by atoms with van der Waals surface area (Å²) >= 11 is 0. The first-order valence-electron chi connectivity index (χ1n) is 7.25. The van der Waals surface area contributed by atoms with Crippen LogP contribution in [-0.4, -0.2) is 39.7 Å². The number of carbonyl (C=O) groups excluding carboxylic acids is 1. The summed E-state index contributed by atoms with van der Waals surface area (Å²) in [6.07, 6.45) is 3.78. The molecule has 22 heavy (non-hydrogen) atoms.